The SMILES string of the molecule is [C-]#[N+]c1ccc(N2C(=O)C(C)(C)N(c3ccc(-c4ccc(NCCCCOCC(=O)O)cc4)cc3)C2=S)cc1C(F)(F)F. The summed E-state index contributed by atoms with van der Waals surface area (Å²) in [4.78, 5) is 29.6. The summed E-state index contributed by atoms with van der Waals surface area (Å²) in [6.45, 7) is 11.2. The number of alkyl halides is 3. The number of aliphatic carboxylic acids is 1. The number of amides is 1. The van der Waals surface area contributed by atoms with E-state index in [0.29, 0.717) is 18.8 Å². The van der Waals surface area contributed by atoms with Crippen LogP contribution in [0, 0.1) is 6.57 Å². The number of hydrogen-bond donors (Lipinski definition) is 2. The molecule has 0 bridgehead atoms. The molecular formula is C31H29F3N4O4S. The number of carbonyl (C=O) groups excluding carboxylic acids is 1. The number of rotatable bonds is 11. The number of benzene rings is 3. The molecule has 0 atom stereocenters. The lowest BCUT2D eigenvalue weighted by Crippen LogP contribution is -2.44. The molecular weight excluding hydrogens is 581 g/mol. The minimum Gasteiger partial charge on any atom is -0.480 e. The minimum atomic E-state index is -4.76. The lowest BCUT2D eigenvalue weighted by Gasteiger charge is -2.29. The molecule has 1 aliphatic heterocycles. The number of ether oxygens (including phenoxy) is 1. The summed E-state index contributed by atoms with van der Waals surface area (Å²) in [7, 11) is 0. The molecule has 0 saturated carbocycles. The highest BCUT2D eigenvalue weighted by Crippen LogP contribution is 2.42. The van der Waals surface area contributed by atoms with E-state index in [9.17, 15) is 22.8 Å². The maximum Gasteiger partial charge on any atom is 0.407 e. The molecule has 0 spiro atoms. The first kappa shape index (κ1) is 31.5. The summed E-state index contributed by atoms with van der Waals surface area (Å²) in [6.07, 6.45) is -3.19. The number of nitrogens with one attached hydrogen (secondary N) is 1. The van der Waals surface area contributed by atoms with Crippen molar-refractivity contribution in [3.63, 3.8) is 0 Å². The topological polar surface area (TPSA) is 86.5 Å². The quantitative estimate of drug-likeness (QED) is 0.136. The van der Waals surface area contributed by atoms with Crippen molar-refractivity contribution in [3.05, 3.63) is 83.7 Å². The zero-order chi connectivity index (χ0) is 31.4. The lowest BCUT2D eigenvalue weighted by molar-refractivity contribution is -0.142. The van der Waals surface area contributed by atoms with Gasteiger partial charge in [-0.2, -0.15) is 13.2 Å². The summed E-state index contributed by atoms with van der Waals surface area (Å²) >= 11 is 5.62. The average molecular weight is 611 g/mol. The summed E-state index contributed by atoms with van der Waals surface area (Å²) < 4.78 is 45.8. The third kappa shape index (κ3) is 6.96. The average Bonchev–Trinajstić information content (AvgIpc) is 3.14. The second kappa shape index (κ2) is 12.8. The molecule has 3 aromatic carbocycles. The number of carboxylic acids is 1. The maximum atomic E-state index is 13.6. The Hall–Kier alpha value is -4.47. The maximum absolute atomic E-state index is 13.6. The highest BCUT2D eigenvalue weighted by atomic mass is 32.1. The number of carboxylic acid groups (broad SMARTS) is 1. The number of thiocarbonyl (C=S) groups is 1. The highest BCUT2D eigenvalue weighted by molar-refractivity contribution is 7.81. The fraction of sp³-hybridized carbons (Fsp3) is 0.290. The van der Waals surface area contributed by atoms with Gasteiger partial charge in [-0.3, -0.25) is 9.69 Å². The zero-order valence-corrected chi connectivity index (χ0v) is 24.3. The first-order chi connectivity index (χ1) is 20.3. The van der Waals surface area contributed by atoms with E-state index in [2.05, 4.69) is 10.2 Å². The van der Waals surface area contributed by atoms with Gasteiger partial charge in [0.25, 0.3) is 5.91 Å². The van der Waals surface area contributed by atoms with Gasteiger partial charge in [-0.25, -0.2) is 9.64 Å². The van der Waals surface area contributed by atoms with Gasteiger partial charge >= 0.3 is 12.1 Å². The van der Waals surface area contributed by atoms with Gasteiger partial charge in [-0.15, -0.1) is 0 Å². The third-order valence-electron chi connectivity index (χ3n) is 6.95. The molecule has 1 amide bonds. The van der Waals surface area contributed by atoms with E-state index in [1.165, 1.54) is 6.07 Å². The van der Waals surface area contributed by atoms with E-state index in [1.807, 2.05) is 48.5 Å². The van der Waals surface area contributed by atoms with Crippen molar-refractivity contribution >= 4 is 52.0 Å². The van der Waals surface area contributed by atoms with Crippen molar-refractivity contribution in [1.82, 2.24) is 0 Å². The zero-order valence-electron chi connectivity index (χ0n) is 23.4. The van der Waals surface area contributed by atoms with Crippen LogP contribution in [0.2, 0.25) is 0 Å². The number of hydrogen-bond acceptors (Lipinski definition) is 5. The highest BCUT2D eigenvalue weighted by Gasteiger charge is 2.50. The Bertz CT molecular complexity index is 1550. The number of carbonyl (C=O) groups is 2. The van der Waals surface area contributed by atoms with Crippen LogP contribution in [0.1, 0.15) is 32.3 Å². The molecule has 0 aromatic heterocycles. The Kier molecular flexibility index (Phi) is 9.37. The second-order valence-electron chi connectivity index (χ2n) is 10.3. The van der Waals surface area contributed by atoms with Crippen LogP contribution in [0.5, 0.6) is 0 Å². The van der Waals surface area contributed by atoms with Crippen molar-refractivity contribution in [3.8, 4) is 11.1 Å². The van der Waals surface area contributed by atoms with Gasteiger partial charge in [0.1, 0.15) is 12.1 Å². The van der Waals surface area contributed by atoms with Gasteiger partial charge in [-0.05, 0) is 86.4 Å². The number of halogens is 3. The van der Waals surface area contributed by atoms with Crippen LogP contribution in [-0.2, 0) is 20.5 Å². The first-order valence-corrected chi connectivity index (χ1v) is 13.8. The van der Waals surface area contributed by atoms with Gasteiger partial charge in [0, 0.05) is 30.2 Å². The first-order valence-electron chi connectivity index (χ1n) is 13.4. The smallest absolute Gasteiger partial charge is 0.407 e. The molecule has 1 fully saturated rings. The summed E-state index contributed by atoms with van der Waals surface area (Å²) in [5.41, 5.74) is 0.514. The molecule has 0 radical (unpaired) electrons. The molecule has 12 heteroatoms. The summed E-state index contributed by atoms with van der Waals surface area (Å²) in [5.74, 6) is -1.47. The molecule has 0 aliphatic carbocycles. The second-order valence-corrected chi connectivity index (χ2v) is 10.7. The predicted molar refractivity (Wildman–Crippen MR) is 162 cm³/mol. The minimum absolute atomic E-state index is 0.0373. The fourth-order valence-electron chi connectivity index (χ4n) is 4.75. The monoisotopic (exact) mass is 610 g/mol. The van der Waals surface area contributed by atoms with Gasteiger partial charge < -0.3 is 20.1 Å². The van der Waals surface area contributed by atoms with Crippen molar-refractivity contribution < 1.29 is 32.6 Å². The van der Waals surface area contributed by atoms with E-state index < -0.39 is 34.8 Å². The van der Waals surface area contributed by atoms with Crippen LogP contribution >= 0.6 is 12.2 Å². The van der Waals surface area contributed by atoms with Crippen molar-refractivity contribution in [1.29, 1.82) is 0 Å². The normalized spacial score (nSPS) is 14.6. The van der Waals surface area contributed by atoms with Crippen molar-refractivity contribution in [2.45, 2.75) is 38.4 Å². The largest absolute Gasteiger partial charge is 0.480 e. The van der Waals surface area contributed by atoms with Crippen molar-refractivity contribution in [2.24, 2.45) is 0 Å². The van der Waals surface area contributed by atoms with E-state index in [0.717, 1.165) is 46.7 Å². The third-order valence-corrected chi connectivity index (χ3v) is 7.31. The van der Waals surface area contributed by atoms with Crippen LogP contribution in [-0.4, -0.2) is 47.4 Å². The van der Waals surface area contributed by atoms with Crippen LogP contribution in [0.25, 0.3) is 16.0 Å². The Labute approximate surface area is 252 Å². The molecule has 43 heavy (non-hydrogen) atoms. The van der Waals surface area contributed by atoms with Gasteiger partial charge in [0.15, 0.2) is 10.8 Å². The van der Waals surface area contributed by atoms with Crippen LogP contribution < -0.4 is 15.1 Å². The van der Waals surface area contributed by atoms with E-state index >= 15 is 0 Å². The lowest BCUT2D eigenvalue weighted by atomic mass is 10.0. The van der Waals surface area contributed by atoms with Gasteiger partial charge in [0.2, 0.25) is 0 Å². The Morgan fingerprint density at radius 3 is 2.21 bits per heavy atom. The number of nitrogens with zero attached hydrogens (tertiary/aromatic N) is 3. The van der Waals surface area contributed by atoms with E-state index in [-0.39, 0.29) is 17.4 Å². The van der Waals surface area contributed by atoms with Gasteiger partial charge in [0.05, 0.1) is 12.1 Å². The molecule has 3 aromatic rings. The molecule has 1 saturated heterocycles. The predicted octanol–water partition coefficient (Wildman–Crippen LogP) is 7.13. The molecule has 8 nitrogen and oxygen atoms in total. The van der Waals surface area contributed by atoms with E-state index in [1.54, 1.807) is 18.7 Å². The number of anilines is 3. The fourth-order valence-corrected chi connectivity index (χ4v) is 5.27. The molecule has 1 heterocycles. The Morgan fingerprint density at radius 1 is 1.02 bits per heavy atom. The summed E-state index contributed by atoms with van der Waals surface area (Å²) in [5, 5.41) is 11.9. The Morgan fingerprint density at radius 2 is 1.63 bits per heavy atom. The standard InChI is InChI=1S/C31H29F3N4O4S/c1-30(2)28(41)37(24-14-15-26(35-3)25(18-24)31(32,33)34)29(43)38(30)23-12-8-21(9-13-23)20-6-10-22(11-7-20)36-16-4-5-17-42-19-27(39)40/h6-15,18,36H,4-5,16-17,19H2,1-2H3,(H,39,40). The van der Waals surface area contributed by atoms with Gasteiger partial charge in [-0.1, -0.05) is 30.3 Å². The Balaban J connectivity index is 1.45. The summed E-state index contributed by atoms with van der Waals surface area (Å²) in [6, 6.07) is 18.3. The van der Waals surface area contributed by atoms with Crippen LogP contribution in [0.15, 0.2) is 66.7 Å². The number of unbranched alkanes of at least 4 members (excludes halogenated alkanes) is 1. The van der Waals surface area contributed by atoms with Crippen LogP contribution in [0.4, 0.5) is 35.9 Å². The van der Waals surface area contributed by atoms with Crippen molar-refractivity contribution in [2.75, 3.05) is 34.9 Å². The van der Waals surface area contributed by atoms with E-state index in [4.69, 9.17) is 28.6 Å². The molecule has 224 valence electrons. The molecule has 0 unspecified atom stereocenters. The molecule has 2 N–H and O–H groups in total. The molecule has 1 aliphatic rings. The van der Waals surface area contributed by atoms with Crippen LogP contribution in [0.3, 0.4) is 0 Å². The molecule has 4 rings (SSSR count).